The molecule has 2 aromatic heterocycles. The predicted octanol–water partition coefficient (Wildman–Crippen LogP) is 4.22. The molecule has 0 aliphatic carbocycles. The van der Waals surface area contributed by atoms with Crippen molar-refractivity contribution in [1.82, 2.24) is 15.0 Å². The number of ketones is 1. The SMILES string of the molecule is Cc1nc2[nH]c(C(=O)c3ccccc3)c(-c3cccc(Br)c3)c2c(=O)[nH]1. The van der Waals surface area contributed by atoms with Gasteiger partial charge in [-0.3, -0.25) is 9.59 Å². The second kappa shape index (κ2) is 6.38. The summed E-state index contributed by atoms with van der Waals surface area (Å²) in [5.41, 5.74) is 2.35. The number of hydrogen-bond acceptors (Lipinski definition) is 3. The van der Waals surface area contributed by atoms with Crippen LogP contribution < -0.4 is 5.56 Å². The Hall–Kier alpha value is -2.99. The van der Waals surface area contributed by atoms with Crippen molar-refractivity contribution in [1.29, 1.82) is 0 Å². The molecular weight excluding hydrogens is 394 g/mol. The maximum absolute atomic E-state index is 13.1. The van der Waals surface area contributed by atoms with Crippen molar-refractivity contribution in [3.8, 4) is 11.1 Å². The molecule has 0 spiro atoms. The van der Waals surface area contributed by atoms with E-state index in [1.54, 1.807) is 19.1 Å². The standard InChI is InChI=1S/C20H14BrN3O2/c1-11-22-19-16(20(26)23-11)15(13-8-5-9-14(21)10-13)17(24-19)18(25)12-6-3-2-4-7-12/h2-10H,1H3,(H2,22,23,24,26). The zero-order chi connectivity index (χ0) is 18.3. The molecule has 4 rings (SSSR count). The van der Waals surface area contributed by atoms with Crippen molar-refractivity contribution in [2.24, 2.45) is 0 Å². The minimum Gasteiger partial charge on any atom is -0.336 e. The number of carbonyl (C=O) groups excluding carboxylic acids is 1. The van der Waals surface area contributed by atoms with Gasteiger partial charge in [0.15, 0.2) is 0 Å². The molecule has 0 saturated carbocycles. The van der Waals surface area contributed by atoms with Gasteiger partial charge in [0, 0.05) is 15.6 Å². The van der Waals surface area contributed by atoms with Crippen LogP contribution in [0.4, 0.5) is 0 Å². The van der Waals surface area contributed by atoms with Crippen LogP contribution in [0.25, 0.3) is 22.2 Å². The van der Waals surface area contributed by atoms with Gasteiger partial charge in [-0.25, -0.2) is 4.98 Å². The molecule has 0 aliphatic rings. The molecule has 128 valence electrons. The fourth-order valence-corrected chi connectivity index (χ4v) is 3.45. The van der Waals surface area contributed by atoms with Crippen LogP contribution in [0, 0.1) is 6.92 Å². The Balaban J connectivity index is 2.07. The van der Waals surface area contributed by atoms with Crippen LogP contribution in [0.5, 0.6) is 0 Å². The van der Waals surface area contributed by atoms with Gasteiger partial charge in [0.25, 0.3) is 5.56 Å². The van der Waals surface area contributed by atoms with Gasteiger partial charge in [0.05, 0.1) is 11.1 Å². The Morgan fingerprint density at radius 2 is 1.81 bits per heavy atom. The van der Waals surface area contributed by atoms with Crippen LogP contribution in [-0.4, -0.2) is 20.7 Å². The molecule has 5 nitrogen and oxygen atoms in total. The molecule has 0 aliphatic heterocycles. The largest absolute Gasteiger partial charge is 0.336 e. The fourth-order valence-electron chi connectivity index (χ4n) is 3.05. The zero-order valence-electron chi connectivity index (χ0n) is 13.8. The smallest absolute Gasteiger partial charge is 0.261 e. The van der Waals surface area contributed by atoms with E-state index in [0.29, 0.717) is 33.7 Å². The maximum atomic E-state index is 13.1. The lowest BCUT2D eigenvalue weighted by Crippen LogP contribution is -2.09. The number of nitrogens with one attached hydrogen (secondary N) is 2. The van der Waals surface area contributed by atoms with E-state index in [2.05, 4.69) is 30.9 Å². The third-order valence-corrected chi connectivity index (χ3v) is 4.65. The Morgan fingerprint density at radius 3 is 2.54 bits per heavy atom. The van der Waals surface area contributed by atoms with Crippen LogP contribution in [0.2, 0.25) is 0 Å². The van der Waals surface area contributed by atoms with Crippen molar-refractivity contribution in [3.05, 3.63) is 86.5 Å². The van der Waals surface area contributed by atoms with Crippen LogP contribution >= 0.6 is 15.9 Å². The first-order valence-electron chi connectivity index (χ1n) is 8.03. The third-order valence-electron chi connectivity index (χ3n) is 4.16. The summed E-state index contributed by atoms with van der Waals surface area (Å²) >= 11 is 3.45. The van der Waals surface area contributed by atoms with Gasteiger partial charge >= 0.3 is 0 Å². The summed E-state index contributed by atoms with van der Waals surface area (Å²) in [5.74, 6) is 0.305. The number of nitrogens with zero attached hydrogens (tertiary/aromatic N) is 1. The summed E-state index contributed by atoms with van der Waals surface area (Å²) in [5, 5.41) is 0.382. The van der Waals surface area contributed by atoms with Gasteiger partial charge in [0.2, 0.25) is 5.78 Å². The van der Waals surface area contributed by atoms with Crippen LogP contribution in [0.15, 0.2) is 63.9 Å². The summed E-state index contributed by atoms with van der Waals surface area (Å²) in [6, 6.07) is 16.5. The van der Waals surface area contributed by atoms with Crippen LogP contribution in [0.1, 0.15) is 21.9 Å². The topological polar surface area (TPSA) is 78.6 Å². The first-order valence-corrected chi connectivity index (χ1v) is 8.82. The van der Waals surface area contributed by atoms with E-state index < -0.39 is 0 Å². The average Bonchev–Trinajstić information content (AvgIpc) is 3.01. The third kappa shape index (κ3) is 2.78. The summed E-state index contributed by atoms with van der Waals surface area (Å²) in [6.07, 6.45) is 0. The minimum absolute atomic E-state index is 0.185. The van der Waals surface area contributed by atoms with Gasteiger partial charge in [-0.1, -0.05) is 58.4 Å². The molecule has 0 radical (unpaired) electrons. The van der Waals surface area contributed by atoms with Gasteiger partial charge in [-0.15, -0.1) is 0 Å². The number of fused-ring (bicyclic) bond motifs is 1. The minimum atomic E-state index is -0.272. The van der Waals surface area contributed by atoms with Gasteiger partial charge in [0.1, 0.15) is 11.5 Å². The van der Waals surface area contributed by atoms with Crippen molar-refractivity contribution >= 4 is 32.7 Å². The highest BCUT2D eigenvalue weighted by Crippen LogP contribution is 2.32. The number of aromatic nitrogens is 3. The second-order valence-corrected chi connectivity index (χ2v) is 6.87. The van der Waals surface area contributed by atoms with Crippen molar-refractivity contribution < 1.29 is 4.79 Å². The highest BCUT2D eigenvalue weighted by Gasteiger charge is 2.23. The Kier molecular flexibility index (Phi) is 4.05. The van der Waals surface area contributed by atoms with Crippen molar-refractivity contribution in [3.63, 3.8) is 0 Å². The fraction of sp³-hybridized carbons (Fsp3) is 0.0500. The molecule has 0 unspecified atom stereocenters. The van der Waals surface area contributed by atoms with E-state index >= 15 is 0 Å². The molecule has 4 aromatic rings. The van der Waals surface area contributed by atoms with E-state index in [4.69, 9.17) is 0 Å². The summed E-state index contributed by atoms with van der Waals surface area (Å²) in [6.45, 7) is 1.71. The number of carbonyl (C=O) groups is 1. The Labute approximate surface area is 157 Å². The number of H-pyrrole nitrogens is 2. The molecule has 2 heterocycles. The normalized spacial score (nSPS) is 11.0. The number of benzene rings is 2. The Morgan fingerprint density at radius 1 is 1.04 bits per heavy atom. The van der Waals surface area contributed by atoms with E-state index in [9.17, 15) is 9.59 Å². The summed E-state index contributed by atoms with van der Waals surface area (Å²) < 4.78 is 0.860. The molecule has 0 bridgehead atoms. The molecule has 0 atom stereocenters. The van der Waals surface area contributed by atoms with E-state index in [0.717, 1.165) is 10.0 Å². The Bertz CT molecular complexity index is 1190. The lowest BCUT2D eigenvalue weighted by atomic mass is 9.98. The van der Waals surface area contributed by atoms with Crippen molar-refractivity contribution in [2.75, 3.05) is 0 Å². The molecule has 26 heavy (non-hydrogen) atoms. The number of aryl methyl sites for hydroxylation is 1. The predicted molar refractivity (Wildman–Crippen MR) is 104 cm³/mol. The van der Waals surface area contributed by atoms with Crippen LogP contribution in [0.3, 0.4) is 0 Å². The van der Waals surface area contributed by atoms with E-state index in [1.807, 2.05) is 42.5 Å². The van der Waals surface area contributed by atoms with Crippen molar-refractivity contribution in [2.45, 2.75) is 6.92 Å². The lowest BCUT2D eigenvalue weighted by Gasteiger charge is -2.05. The monoisotopic (exact) mass is 407 g/mol. The molecule has 0 fully saturated rings. The number of halogens is 1. The van der Waals surface area contributed by atoms with E-state index in [-0.39, 0.29) is 11.3 Å². The van der Waals surface area contributed by atoms with Gasteiger partial charge < -0.3 is 9.97 Å². The van der Waals surface area contributed by atoms with Gasteiger partial charge in [-0.2, -0.15) is 0 Å². The van der Waals surface area contributed by atoms with E-state index in [1.165, 1.54) is 0 Å². The number of aromatic amines is 2. The number of rotatable bonds is 3. The molecule has 2 N–H and O–H groups in total. The molecule has 2 aromatic carbocycles. The quantitative estimate of drug-likeness (QED) is 0.499. The zero-order valence-corrected chi connectivity index (χ0v) is 15.4. The lowest BCUT2D eigenvalue weighted by molar-refractivity contribution is 0.103. The highest BCUT2D eigenvalue weighted by atomic mass is 79.9. The van der Waals surface area contributed by atoms with Crippen LogP contribution in [-0.2, 0) is 0 Å². The summed E-state index contributed by atoms with van der Waals surface area (Å²) in [4.78, 5) is 35.9. The summed E-state index contributed by atoms with van der Waals surface area (Å²) in [7, 11) is 0. The van der Waals surface area contributed by atoms with Gasteiger partial charge in [-0.05, 0) is 24.6 Å². The first-order chi connectivity index (χ1) is 12.5. The molecule has 0 saturated heterocycles. The molecule has 0 amide bonds. The number of hydrogen-bond donors (Lipinski definition) is 2. The molecule has 6 heteroatoms. The molecular formula is C20H14BrN3O2. The average molecular weight is 408 g/mol. The second-order valence-electron chi connectivity index (χ2n) is 5.96. The first kappa shape index (κ1) is 16.5. The maximum Gasteiger partial charge on any atom is 0.261 e. The highest BCUT2D eigenvalue weighted by molar-refractivity contribution is 9.10.